The van der Waals surface area contributed by atoms with Crippen LogP contribution in [0, 0.1) is 0 Å². The van der Waals surface area contributed by atoms with Crippen LogP contribution in [0.4, 0.5) is 0 Å². The highest BCUT2D eigenvalue weighted by Gasteiger charge is 2.19. The summed E-state index contributed by atoms with van der Waals surface area (Å²) in [6, 6.07) is 14.7. The summed E-state index contributed by atoms with van der Waals surface area (Å²) in [5, 5.41) is 7.97. The summed E-state index contributed by atoms with van der Waals surface area (Å²) in [5.41, 5.74) is 1.56. The molecule has 7 heteroatoms. The predicted octanol–water partition coefficient (Wildman–Crippen LogP) is 3.60. The van der Waals surface area contributed by atoms with E-state index in [-0.39, 0.29) is 12.3 Å². The highest BCUT2D eigenvalue weighted by Crippen LogP contribution is 2.28. The van der Waals surface area contributed by atoms with Gasteiger partial charge in [0.15, 0.2) is 17.6 Å². The van der Waals surface area contributed by atoms with E-state index in [1.54, 1.807) is 39.3 Å². The van der Waals surface area contributed by atoms with Crippen LogP contribution in [0.5, 0.6) is 11.5 Å². The maximum absolute atomic E-state index is 12.2. The highest BCUT2D eigenvalue weighted by atomic mass is 16.6. The number of hydrogen-bond acceptors (Lipinski definition) is 7. The summed E-state index contributed by atoms with van der Waals surface area (Å²) in [6.07, 6.45) is -0.563. The normalized spacial score (nSPS) is 11.7. The Morgan fingerprint density at radius 1 is 1.04 bits per heavy atom. The molecule has 0 aliphatic heterocycles. The SMILES string of the molecule is COc1ccc(CC(=O)O[C@@H](C)c2nnc(-c3ccccc3)o2)cc1OC. The summed E-state index contributed by atoms with van der Waals surface area (Å²) in [5.74, 6) is 1.37. The minimum atomic E-state index is -0.650. The fraction of sp³-hybridized carbons (Fsp3) is 0.250. The number of carbonyl (C=O) groups excluding carboxylic acids is 1. The molecule has 0 aliphatic carbocycles. The van der Waals surface area contributed by atoms with Gasteiger partial charge in [-0.3, -0.25) is 4.79 Å². The Morgan fingerprint density at radius 3 is 2.48 bits per heavy atom. The molecule has 27 heavy (non-hydrogen) atoms. The Morgan fingerprint density at radius 2 is 1.78 bits per heavy atom. The highest BCUT2D eigenvalue weighted by molar-refractivity contribution is 5.73. The van der Waals surface area contributed by atoms with Gasteiger partial charge in [-0.25, -0.2) is 0 Å². The molecule has 0 N–H and O–H groups in total. The lowest BCUT2D eigenvalue weighted by Gasteiger charge is -2.11. The number of benzene rings is 2. The van der Waals surface area contributed by atoms with Crippen LogP contribution in [-0.4, -0.2) is 30.4 Å². The first-order chi connectivity index (χ1) is 13.1. The Labute approximate surface area is 156 Å². The number of carbonyl (C=O) groups is 1. The monoisotopic (exact) mass is 368 g/mol. The van der Waals surface area contributed by atoms with Crippen molar-refractivity contribution in [2.75, 3.05) is 14.2 Å². The van der Waals surface area contributed by atoms with Gasteiger partial charge in [0.05, 0.1) is 20.6 Å². The molecule has 2 aromatic carbocycles. The fourth-order valence-corrected chi connectivity index (χ4v) is 2.54. The molecule has 1 atom stereocenters. The summed E-state index contributed by atoms with van der Waals surface area (Å²) in [6.45, 7) is 1.69. The molecule has 140 valence electrons. The van der Waals surface area contributed by atoms with Crippen LogP contribution >= 0.6 is 0 Å². The molecule has 0 amide bonds. The molecule has 0 saturated heterocycles. The smallest absolute Gasteiger partial charge is 0.311 e. The average molecular weight is 368 g/mol. The van der Waals surface area contributed by atoms with Crippen molar-refractivity contribution >= 4 is 5.97 Å². The van der Waals surface area contributed by atoms with Gasteiger partial charge in [0.2, 0.25) is 5.89 Å². The van der Waals surface area contributed by atoms with E-state index in [1.807, 2.05) is 30.3 Å². The summed E-state index contributed by atoms with van der Waals surface area (Å²) >= 11 is 0. The van der Waals surface area contributed by atoms with Crippen LogP contribution in [-0.2, 0) is 16.0 Å². The number of ether oxygens (including phenoxy) is 3. The molecule has 0 unspecified atom stereocenters. The van der Waals surface area contributed by atoms with Gasteiger partial charge in [-0.15, -0.1) is 10.2 Å². The van der Waals surface area contributed by atoms with E-state index >= 15 is 0 Å². The number of aromatic nitrogens is 2. The predicted molar refractivity (Wildman–Crippen MR) is 97.5 cm³/mol. The zero-order valence-electron chi connectivity index (χ0n) is 15.3. The topological polar surface area (TPSA) is 83.7 Å². The molecule has 0 bridgehead atoms. The van der Waals surface area contributed by atoms with Gasteiger partial charge in [-0.1, -0.05) is 24.3 Å². The third kappa shape index (κ3) is 4.44. The van der Waals surface area contributed by atoms with Gasteiger partial charge < -0.3 is 18.6 Å². The third-order valence-corrected chi connectivity index (χ3v) is 3.91. The van der Waals surface area contributed by atoms with Crippen LogP contribution in [0.25, 0.3) is 11.5 Å². The first-order valence-electron chi connectivity index (χ1n) is 8.40. The fourth-order valence-electron chi connectivity index (χ4n) is 2.54. The Hall–Kier alpha value is -3.35. The average Bonchev–Trinajstić information content (AvgIpc) is 3.19. The molecular weight excluding hydrogens is 348 g/mol. The largest absolute Gasteiger partial charge is 0.493 e. The second kappa shape index (κ2) is 8.35. The zero-order chi connectivity index (χ0) is 19.2. The zero-order valence-corrected chi connectivity index (χ0v) is 15.3. The van der Waals surface area contributed by atoms with Gasteiger partial charge in [-0.2, -0.15) is 0 Å². The number of esters is 1. The van der Waals surface area contributed by atoms with Crippen molar-refractivity contribution in [2.24, 2.45) is 0 Å². The van der Waals surface area contributed by atoms with Crippen molar-refractivity contribution < 1.29 is 23.4 Å². The molecule has 1 heterocycles. The third-order valence-electron chi connectivity index (χ3n) is 3.91. The Bertz CT molecular complexity index is 908. The van der Waals surface area contributed by atoms with Gasteiger partial charge in [0.25, 0.3) is 5.89 Å². The summed E-state index contributed by atoms with van der Waals surface area (Å²) in [4.78, 5) is 12.2. The van der Waals surface area contributed by atoms with Crippen LogP contribution < -0.4 is 9.47 Å². The van der Waals surface area contributed by atoms with Crippen molar-refractivity contribution in [1.82, 2.24) is 10.2 Å². The van der Waals surface area contributed by atoms with Crippen molar-refractivity contribution in [3.63, 3.8) is 0 Å². The maximum atomic E-state index is 12.2. The van der Waals surface area contributed by atoms with Gasteiger partial charge in [0.1, 0.15) is 0 Å². The van der Waals surface area contributed by atoms with E-state index < -0.39 is 12.1 Å². The molecule has 0 aliphatic rings. The van der Waals surface area contributed by atoms with E-state index in [1.165, 1.54) is 0 Å². The molecule has 0 saturated carbocycles. The number of rotatable bonds is 7. The maximum Gasteiger partial charge on any atom is 0.311 e. The van der Waals surface area contributed by atoms with Crippen molar-refractivity contribution in [3.05, 3.63) is 60.0 Å². The van der Waals surface area contributed by atoms with E-state index in [4.69, 9.17) is 18.6 Å². The molecule has 7 nitrogen and oxygen atoms in total. The lowest BCUT2D eigenvalue weighted by molar-refractivity contribution is -0.148. The van der Waals surface area contributed by atoms with E-state index in [0.717, 1.165) is 11.1 Å². The van der Waals surface area contributed by atoms with Gasteiger partial charge in [-0.05, 0) is 36.8 Å². The quantitative estimate of drug-likeness (QED) is 0.589. The second-order valence-corrected chi connectivity index (χ2v) is 5.81. The molecular formula is C20H20N2O5. The van der Waals surface area contributed by atoms with Crippen molar-refractivity contribution in [1.29, 1.82) is 0 Å². The van der Waals surface area contributed by atoms with E-state index in [9.17, 15) is 4.79 Å². The number of methoxy groups -OCH3 is 2. The molecule has 3 aromatic rings. The summed E-state index contributed by atoms with van der Waals surface area (Å²) < 4.78 is 21.5. The summed E-state index contributed by atoms with van der Waals surface area (Å²) in [7, 11) is 3.10. The molecule has 0 radical (unpaired) electrons. The molecule has 0 spiro atoms. The van der Waals surface area contributed by atoms with Crippen molar-refractivity contribution in [3.8, 4) is 23.0 Å². The lowest BCUT2D eigenvalue weighted by Crippen LogP contribution is -2.12. The minimum absolute atomic E-state index is 0.0877. The number of hydrogen-bond donors (Lipinski definition) is 0. The molecule has 3 rings (SSSR count). The minimum Gasteiger partial charge on any atom is -0.493 e. The second-order valence-electron chi connectivity index (χ2n) is 5.81. The van der Waals surface area contributed by atoms with Crippen LogP contribution in [0.3, 0.4) is 0 Å². The van der Waals surface area contributed by atoms with Crippen LogP contribution in [0.15, 0.2) is 52.9 Å². The van der Waals surface area contributed by atoms with Gasteiger partial charge in [0, 0.05) is 5.56 Å². The lowest BCUT2D eigenvalue weighted by atomic mass is 10.1. The first kappa shape index (κ1) is 18.4. The van der Waals surface area contributed by atoms with Gasteiger partial charge >= 0.3 is 5.97 Å². The van der Waals surface area contributed by atoms with Crippen molar-refractivity contribution in [2.45, 2.75) is 19.4 Å². The Balaban J connectivity index is 1.63. The van der Waals surface area contributed by atoms with Crippen LogP contribution in [0.2, 0.25) is 0 Å². The Kier molecular flexibility index (Phi) is 5.71. The van der Waals surface area contributed by atoms with E-state index in [0.29, 0.717) is 17.4 Å². The first-order valence-corrected chi connectivity index (χ1v) is 8.40. The number of nitrogens with zero attached hydrogens (tertiary/aromatic N) is 2. The molecule has 1 aromatic heterocycles. The standard InChI is InChI=1S/C20H20N2O5/c1-13(19-21-22-20(27-19)15-7-5-4-6-8-15)26-18(23)12-14-9-10-16(24-2)17(11-14)25-3/h4-11,13H,12H2,1-3H3/t13-/m0/s1. The molecule has 0 fully saturated rings. The van der Waals surface area contributed by atoms with Crippen LogP contribution in [0.1, 0.15) is 24.5 Å². The van der Waals surface area contributed by atoms with E-state index in [2.05, 4.69) is 10.2 Å².